The van der Waals surface area contributed by atoms with E-state index in [1.807, 2.05) is 13.0 Å². The molecule has 23 heavy (non-hydrogen) atoms. The third-order valence-corrected chi connectivity index (χ3v) is 4.19. The average Bonchev–Trinajstić information content (AvgIpc) is 2.88. The number of carbonyl (C=O) groups excluding carboxylic acids is 1. The van der Waals surface area contributed by atoms with Gasteiger partial charge in [0.25, 0.3) is 0 Å². The van der Waals surface area contributed by atoms with Crippen LogP contribution in [0.25, 0.3) is 0 Å². The molecule has 1 saturated heterocycles. The molecule has 3 rings (SSSR count). The fraction of sp³-hybridized carbons (Fsp3) is 0.294. The van der Waals surface area contributed by atoms with Crippen LogP contribution in [0.3, 0.4) is 0 Å². The van der Waals surface area contributed by atoms with E-state index in [4.69, 9.17) is 0 Å². The number of amides is 1. The van der Waals surface area contributed by atoms with Gasteiger partial charge in [-0.2, -0.15) is 0 Å². The average molecular weight is 320 g/mol. The molecule has 3 nitrogen and oxygen atoms in total. The van der Waals surface area contributed by atoms with Crippen molar-refractivity contribution in [1.82, 2.24) is 9.88 Å². The third kappa shape index (κ3) is 3.06. The molecule has 1 aliphatic rings. The van der Waals surface area contributed by atoms with E-state index in [-0.39, 0.29) is 18.2 Å². The summed E-state index contributed by atoms with van der Waals surface area (Å²) in [5.41, 5.74) is 2.26. The van der Waals surface area contributed by atoms with E-state index < -0.39 is 17.5 Å². The second-order valence-electron chi connectivity index (χ2n) is 5.78. The van der Waals surface area contributed by atoms with Crippen LogP contribution in [0.1, 0.15) is 29.0 Å². The van der Waals surface area contributed by atoms with Gasteiger partial charge in [-0.05, 0) is 41.8 Å². The zero-order chi connectivity index (χ0) is 16.6. The van der Waals surface area contributed by atoms with Crippen molar-refractivity contribution < 1.29 is 18.0 Å². The van der Waals surface area contributed by atoms with Crippen molar-refractivity contribution >= 4 is 5.91 Å². The first-order valence-corrected chi connectivity index (χ1v) is 7.27. The lowest BCUT2D eigenvalue weighted by Crippen LogP contribution is -2.24. The maximum Gasteiger partial charge on any atom is 0.223 e. The summed E-state index contributed by atoms with van der Waals surface area (Å²) in [7, 11) is 0. The molecule has 0 N–H and O–H groups in total. The van der Waals surface area contributed by atoms with Crippen LogP contribution in [-0.2, 0) is 11.3 Å². The summed E-state index contributed by atoms with van der Waals surface area (Å²) in [5, 5.41) is 0. The summed E-state index contributed by atoms with van der Waals surface area (Å²) in [6.07, 6.45) is 3.54. The highest BCUT2D eigenvalue weighted by Gasteiger charge is 2.31. The van der Waals surface area contributed by atoms with Gasteiger partial charge in [0, 0.05) is 37.8 Å². The van der Waals surface area contributed by atoms with Crippen LogP contribution in [0.15, 0.2) is 30.6 Å². The minimum absolute atomic E-state index is 0.0867. The maximum atomic E-state index is 13.4. The van der Waals surface area contributed by atoms with Gasteiger partial charge in [-0.15, -0.1) is 0 Å². The topological polar surface area (TPSA) is 33.2 Å². The summed E-state index contributed by atoms with van der Waals surface area (Å²) in [6, 6.07) is 3.78. The Bertz CT molecular complexity index is 740. The number of halogens is 3. The first-order valence-electron chi connectivity index (χ1n) is 7.27. The van der Waals surface area contributed by atoms with Crippen molar-refractivity contribution in [3.05, 3.63) is 64.7 Å². The van der Waals surface area contributed by atoms with E-state index >= 15 is 0 Å². The van der Waals surface area contributed by atoms with E-state index in [0.29, 0.717) is 18.7 Å². The molecule has 1 amide bonds. The van der Waals surface area contributed by atoms with Crippen molar-refractivity contribution in [2.75, 3.05) is 6.54 Å². The molecule has 1 aromatic heterocycles. The highest BCUT2D eigenvalue weighted by molar-refractivity contribution is 5.79. The largest absolute Gasteiger partial charge is 0.338 e. The van der Waals surface area contributed by atoms with Gasteiger partial charge >= 0.3 is 0 Å². The molecular formula is C17H15F3N2O. The molecular weight excluding hydrogens is 305 g/mol. The Hall–Kier alpha value is -2.37. The summed E-state index contributed by atoms with van der Waals surface area (Å²) in [5.74, 6) is -4.36. The van der Waals surface area contributed by atoms with Crippen LogP contribution < -0.4 is 0 Å². The van der Waals surface area contributed by atoms with Crippen molar-refractivity contribution in [3.63, 3.8) is 0 Å². The quantitative estimate of drug-likeness (QED) is 0.813. The number of nitrogens with zero attached hydrogens (tertiary/aromatic N) is 2. The molecule has 2 heterocycles. The van der Waals surface area contributed by atoms with Gasteiger partial charge in [0.05, 0.1) is 0 Å². The number of likely N-dealkylation sites (tertiary alicyclic amines) is 1. The fourth-order valence-corrected chi connectivity index (χ4v) is 2.84. The Morgan fingerprint density at radius 3 is 2.61 bits per heavy atom. The lowest BCUT2D eigenvalue weighted by molar-refractivity contribution is -0.128. The molecule has 2 aromatic rings. The molecule has 1 unspecified atom stereocenters. The Morgan fingerprint density at radius 2 is 1.96 bits per heavy atom. The van der Waals surface area contributed by atoms with Crippen LogP contribution in [0.4, 0.5) is 13.2 Å². The van der Waals surface area contributed by atoms with Crippen LogP contribution in [0.5, 0.6) is 0 Å². The highest BCUT2D eigenvalue weighted by Crippen LogP contribution is 2.31. The Balaban J connectivity index is 1.79. The summed E-state index contributed by atoms with van der Waals surface area (Å²) >= 11 is 0. The molecule has 6 heteroatoms. The molecule has 120 valence electrons. The van der Waals surface area contributed by atoms with Crippen molar-refractivity contribution in [2.24, 2.45) is 0 Å². The van der Waals surface area contributed by atoms with E-state index in [9.17, 15) is 18.0 Å². The molecule has 0 radical (unpaired) electrons. The predicted octanol–water partition coefficient (Wildman–Crippen LogP) is 3.32. The molecule has 1 aromatic carbocycles. The van der Waals surface area contributed by atoms with Gasteiger partial charge in [0.2, 0.25) is 5.91 Å². The number of hydrogen-bond acceptors (Lipinski definition) is 2. The maximum absolute atomic E-state index is 13.4. The summed E-state index contributed by atoms with van der Waals surface area (Å²) < 4.78 is 39.8. The minimum atomic E-state index is -1.48. The number of hydrogen-bond donors (Lipinski definition) is 0. The lowest BCUT2D eigenvalue weighted by Gasteiger charge is -2.18. The number of aromatic nitrogens is 1. The Morgan fingerprint density at radius 1 is 1.26 bits per heavy atom. The second kappa shape index (κ2) is 6.02. The van der Waals surface area contributed by atoms with Crippen LogP contribution in [0, 0.1) is 24.4 Å². The fourth-order valence-electron chi connectivity index (χ4n) is 2.84. The predicted molar refractivity (Wildman–Crippen MR) is 78.1 cm³/mol. The highest BCUT2D eigenvalue weighted by atomic mass is 19.2. The second-order valence-corrected chi connectivity index (χ2v) is 5.78. The zero-order valence-corrected chi connectivity index (χ0v) is 12.5. The molecule has 1 fully saturated rings. The van der Waals surface area contributed by atoms with Gasteiger partial charge in [-0.1, -0.05) is 0 Å². The van der Waals surface area contributed by atoms with Gasteiger partial charge in [-0.25, -0.2) is 13.2 Å². The SMILES string of the molecule is Cc1cnccc1CN1CC(c2cc(F)c(F)c(F)c2)CC1=O. The van der Waals surface area contributed by atoms with Gasteiger partial charge in [0.15, 0.2) is 17.5 Å². The van der Waals surface area contributed by atoms with E-state index in [0.717, 1.165) is 23.3 Å². The van der Waals surface area contributed by atoms with Crippen molar-refractivity contribution in [3.8, 4) is 0 Å². The number of aryl methyl sites for hydroxylation is 1. The number of rotatable bonds is 3. The Kier molecular flexibility index (Phi) is 4.07. The lowest BCUT2D eigenvalue weighted by atomic mass is 9.98. The third-order valence-electron chi connectivity index (χ3n) is 4.19. The monoisotopic (exact) mass is 320 g/mol. The molecule has 0 bridgehead atoms. The molecule has 1 aliphatic heterocycles. The van der Waals surface area contributed by atoms with Crippen LogP contribution in [0.2, 0.25) is 0 Å². The number of benzene rings is 1. The van der Waals surface area contributed by atoms with Gasteiger partial charge in [-0.3, -0.25) is 9.78 Å². The first kappa shape index (κ1) is 15.5. The molecule has 1 atom stereocenters. The molecule has 0 spiro atoms. The van der Waals surface area contributed by atoms with E-state index in [1.165, 1.54) is 0 Å². The van der Waals surface area contributed by atoms with Crippen LogP contribution >= 0.6 is 0 Å². The Labute approximate surface area is 131 Å². The summed E-state index contributed by atoms with van der Waals surface area (Å²) in [6.45, 7) is 2.69. The molecule has 0 saturated carbocycles. The zero-order valence-electron chi connectivity index (χ0n) is 12.5. The standard InChI is InChI=1S/C17H15F3N2O/c1-10-7-21-3-2-11(10)8-22-9-13(6-16(22)23)12-4-14(18)17(20)15(19)5-12/h2-5,7,13H,6,8-9H2,1H3. The number of carbonyl (C=O) groups is 1. The van der Waals surface area contributed by atoms with Gasteiger partial charge < -0.3 is 4.90 Å². The van der Waals surface area contributed by atoms with Crippen LogP contribution in [-0.4, -0.2) is 22.3 Å². The van der Waals surface area contributed by atoms with Crippen molar-refractivity contribution in [1.29, 1.82) is 0 Å². The normalized spacial score (nSPS) is 17.8. The number of pyridine rings is 1. The van der Waals surface area contributed by atoms with Crippen molar-refractivity contribution in [2.45, 2.75) is 25.8 Å². The first-order chi connectivity index (χ1) is 11.0. The molecule has 0 aliphatic carbocycles. The van der Waals surface area contributed by atoms with Gasteiger partial charge in [0.1, 0.15) is 0 Å². The minimum Gasteiger partial charge on any atom is -0.338 e. The summed E-state index contributed by atoms with van der Waals surface area (Å²) in [4.78, 5) is 17.8. The smallest absolute Gasteiger partial charge is 0.223 e. The van der Waals surface area contributed by atoms with E-state index in [2.05, 4.69) is 4.98 Å². The van der Waals surface area contributed by atoms with E-state index in [1.54, 1.807) is 17.3 Å².